The summed E-state index contributed by atoms with van der Waals surface area (Å²) in [6.07, 6.45) is 3.99. The van der Waals surface area contributed by atoms with E-state index < -0.39 is 0 Å². The molecule has 1 aromatic heterocycles. The number of benzene rings is 1. The molecule has 0 bridgehead atoms. The fourth-order valence-electron chi connectivity index (χ4n) is 2.79. The van der Waals surface area contributed by atoms with Gasteiger partial charge in [0.2, 0.25) is 0 Å². The molecule has 0 amide bonds. The minimum absolute atomic E-state index is 0.519. The second-order valence-corrected chi connectivity index (χ2v) is 6.01. The number of nitrogens with two attached hydrogens (primary N) is 1. The molecule has 4 heteroatoms. The molecule has 0 spiro atoms. The first kappa shape index (κ1) is 13.6. The van der Waals surface area contributed by atoms with Gasteiger partial charge >= 0.3 is 0 Å². The fraction of sp³-hybridized carbons (Fsp3) is 0.312. The zero-order valence-electron chi connectivity index (χ0n) is 11.3. The Morgan fingerprint density at radius 3 is 2.40 bits per heavy atom. The van der Waals surface area contributed by atoms with Crippen LogP contribution in [0.1, 0.15) is 16.7 Å². The van der Waals surface area contributed by atoms with E-state index in [9.17, 15) is 0 Å². The molecule has 3 nitrogen and oxygen atoms in total. The van der Waals surface area contributed by atoms with Gasteiger partial charge in [0.25, 0.3) is 0 Å². The Kier molecular flexibility index (Phi) is 4.03. The van der Waals surface area contributed by atoms with Crippen LogP contribution in [0.15, 0.2) is 41.0 Å². The van der Waals surface area contributed by atoms with Crippen molar-refractivity contribution in [3.8, 4) is 0 Å². The van der Waals surface area contributed by atoms with Crippen LogP contribution in [0, 0.1) is 0 Å². The number of hydrogen-bond donors (Lipinski definition) is 1. The van der Waals surface area contributed by atoms with Gasteiger partial charge in [-0.05, 0) is 46.0 Å². The molecule has 1 aromatic carbocycles. The lowest BCUT2D eigenvalue weighted by molar-refractivity contribution is 0.780. The Morgan fingerprint density at radius 1 is 1.15 bits per heavy atom. The highest BCUT2D eigenvalue weighted by atomic mass is 79.9. The van der Waals surface area contributed by atoms with Crippen LogP contribution in [0.25, 0.3) is 0 Å². The Bertz CT molecular complexity index is 585. The number of pyridine rings is 1. The number of nitrogens with zero attached hydrogens (tertiary/aromatic N) is 2. The highest BCUT2D eigenvalue weighted by Gasteiger charge is 2.17. The molecule has 1 aliphatic rings. The molecular formula is C16H18BrN3. The molecule has 3 rings (SSSR count). The number of hydrogen-bond acceptors (Lipinski definition) is 3. The predicted octanol–water partition coefficient (Wildman–Crippen LogP) is 2.91. The lowest BCUT2D eigenvalue weighted by atomic mass is 10.0. The molecule has 2 N–H and O–H groups in total. The van der Waals surface area contributed by atoms with Gasteiger partial charge in [-0.1, -0.05) is 24.3 Å². The van der Waals surface area contributed by atoms with Gasteiger partial charge in [0.05, 0.1) is 0 Å². The molecule has 0 aliphatic carbocycles. The number of rotatable bonds is 2. The van der Waals surface area contributed by atoms with Crippen molar-refractivity contribution in [2.45, 2.75) is 19.4 Å². The van der Waals surface area contributed by atoms with E-state index in [0.717, 1.165) is 41.8 Å². The topological polar surface area (TPSA) is 42.1 Å². The Balaban J connectivity index is 1.87. The molecule has 0 atom stereocenters. The van der Waals surface area contributed by atoms with Gasteiger partial charge in [-0.25, -0.2) is 4.98 Å². The van der Waals surface area contributed by atoms with Gasteiger partial charge in [-0.3, -0.25) is 0 Å². The van der Waals surface area contributed by atoms with Gasteiger partial charge in [0.15, 0.2) is 0 Å². The van der Waals surface area contributed by atoms with Crippen molar-refractivity contribution >= 4 is 21.7 Å². The fourth-order valence-corrected chi connectivity index (χ4v) is 3.17. The first-order chi connectivity index (χ1) is 9.78. The maximum Gasteiger partial charge on any atom is 0.133 e. The molecule has 0 radical (unpaired) electrons. The second-order valence-electron chi connectivity index (χ2n) is 5.10. The van der Waals surface area contributed by atoms with Gasteiger partial charge in [-0.15, -0.1) is 0 Å². The van der Waals surface area contributed by atoms with Crippen LogP contribution in [0.2, 0.25) is 0 Å². The molecule has 0 saturated carbocycles. The third-order valence-corrected chi connectivity index (χ3v) is 4.28. The molecule has 0 saturated heterocycles. The zero-order valence-corrected chi connectivity index (χ0v) is 12.9. The largest absolute Gasteiger partial charge is 0.356 e. The number of anilines is 1. The second kappa shape index (κ2) is 5.94. The first-order valence-corrected chi connectivity index (χ1v) is 7.73. The van der Waals surface area contributed by atoms with Crippen LogP contribution in [-0.4, -0.2) is 18.1 Å². The number of aromatic nitrogens is 1. The first-order valence-electron chi connectivity index (χ1n) is 6.94. The average Bonchev–Trinajstić information content (AvgIpc) is 2.70. The van der Waals surface area contributed by atoms with Crippen molar-refractivity contribution < 1.29 is 0 Å². The Morgan fingerprint density at radius 2 is 1.80 bits per heavy atom. The SMILES string of the molecule is NCc1cc(Br)cnc1N1CCc2ccccc2CC1. The molecule has 1 aliphatic heterocycles. The summed E-state index contributed by atoms with van der Waals surface area (Å²) >= 11 is 3.46. The highest BCUT2D eigenvalue weighted by molar-refractivity contribution is 9.10. The van der Waals surface area contributed by atoms with E-state index >= 15 is 0 Å². The molecular weight excluding hydrogens is 314 g/mol. The van der Waals surface area contributed by atoms with Crippen LogP contribution in [0.3, 0.4) is 0 Å². The van der Waals surface area contributed by atoms with Gasteiger partial charge in [0.1, 0.15) is 5.82 Å². The summed E-state index contributed by atoms with van der Waals surface area (Å²) in [4.78, 5) is 6.93. The van der Waals surface area contributed by atoms with Gasteiger partial charge in [0, 0.05) is 35.9 Å². The Labute approximate surface area is 127 Å². The van der Waals surface area contributed by atoms with E-state index in [-0.39, 0.29) is 0 Å². The van der Waals surface area contributed by atoms with Crippen LogP contribution >= 0.6 is 15.9 Å². The van der Waals surface area contributed by atoms with E-state index in [2.05, 4.69) is 56.1 Å². The van der Waals surface area contributed by atoms with Crippen molar-refractivity contribution in [1.82, 2.24) is 4.98 Å². The summed E-state index contributed by atoms with van der Waals surface area (Å²) in [6.45, 7) is 2.52. The van der Waals surface area contributed by atoms with Crippen molar-refractivity contribution in [2.75, 3.05) is 18.0 Å². The minimum atomic E-state index is 0.519. The summed E-state index contributed by atoms with van der Waals surface area (Å²) in [5.41, 5.74) is 9.88. The lowest BCUT2D eigenvalue weighted by Crippen LogP contribution is -2.28. The number of fused-ring (bicyclic) bond motifs is 1. The molecule has 0 unspecified atom stereocenters. The Hall–Kier alpha value is -1.39. The highest BCUT2D eigenvalue weighted by Crippen LogP contribution is 2.24. The van der Waals surface area contributed by atoms with E-state index in [1.807, 2.05) is 6.20 Å². The third-order valence-electron chi connectivity index (χ3n) is 3.85. The van der Waals surface area contributed by atoms with E-state index in [1.165, 1.54) is 11.1 Å². The standard InChI is InChI=1S/C16H18BrN3/c17-15-9-14(10-18)16(19-11-15)20-7-5-12-3-1-2-4-13(12)6-8-20/h1-4,9,11H,5-8,10,18H2. The minimum Gasteiger partial charge on any atom is -0.356 e. The molecule has 2 aromatic rings. The maximum absolute atomic E-state index is 5.86. The quantitative estimate of drug-likeness (QED) is 0.919. The van der Waals surface area contributed by atoms with E-state index in [1.54, 1.807) is 0 Å². The zero-order chi connectivity index (χ0) is 13.9. The summed E-state index contributed by atoms with van der Waals surface area (Å²) < 4.78 is 0.986. The third kappa shape index (κ3) is 2.72. The summed E-state index contributed by atoms with van der Waals surface area (Å²) in [6, 6.07) is 10.8. The maximum atomic E-state index is 5.86. The van der Waals surface area contributed by atoms with Crippen molar-refractivity contribution in [1.29, 1.82) is 0 Å². The summed E-state index contributed by atoms with van der Waals surface area (Å²) in [7, 11) is 0. The van der Waals surface area contributed by atoms with Crippen LogP contribution in [0.5, 0.6) is 0 Å². The van der Waals surface area contributed by atoms with Crippen molar-refractivity contribution in [3.63, 3.8) is 0 Å². The van der Waals surface area contributed by atoms with Crippen molar-refractivity contribution in [3.05, 3.63) is 57.7 Å². The van der Waals surface area contributed by atoms with E-state index in [0.29, 0.717) is 6.54 Å². The molecule has 20 heavy (non-hydrogen) atoms. The predicted molar refractivity (Wildman–Crippen MR) is 85.9 cm³/mol. The monoisotopic (exact) mass is 331 g/mol. The van der Waals surface area contributed by atoms with Crippen LogP contribution < -0.4 is 10.6 Å². The lowest BCUT2D eigenvalue weighted by Gasteiger charge is -2.23. The smallest absolute Gasteiger partial charge is 0.133 e. The molecule has 2 heterocycles. The summed E-state index contributed by atoms with van der Waals surface area (Å²) in [5, 5.41) is 0. The van der Waals surface area contributed by atoms with Gasteiger partial charge in [-0.2, -0.15) is 0 Å². The molecule has 104 valence electrons. The van der Waals surface area contributed by atoms with Gasteiger partial charge < -0.3 is 10.6 Å². The summed E-state index contributed by atoms with van der Waals surface area (Å²) in [5.74, 6) is 1.03. The van der Waals surface area contributed by atoms with Crippen LogP contribution in [0.4, 0.5) is 5.82 Å². The van der Waals surface area contributed by atoms with Crippen LogP contribution in [-0.2, 0) is 19.4 Å². The number of halogens is 1. The normalized spacial score (nSPS) is 14.8. The average molecular weight is 332 g/mol. The van der Waals surface area contributed by atoms with Crippen molar-refractivity contribution in [2.24, 2.45) is 5.73 Å². The van der Waals surface area contributed by atoms with E-state index in [4.69, 9.17) is 5.73 Å². The molecule has 0 fully saturated rings.